The molecule has 4 rings (SSSR count). The summed E-state index contributed by atoms with van der Waals surface area (Å²) in [7, 11) is 0. The van der Waals surface area contributed by atoms with Crippen molar-refractivity contribution in [2.45, 2.75) is 30.6 Å². The van der Waals surface area contributed by atoms with Crippen LogP contribution in [-0.2, 0) is 9.53 Å². The summed E-state index contributed by atoms with van der Waals surface area (Å²) in [6.45, 7) is -0.457. The normalized spacial score (nSPS) is 33.8. The fraction of sp³-hybridized carbons (Fsp3) is 0.412. The molecule has 2 fully saturated rings. The number of carbonyl (C=O) groups is 1. The van der Waals surface area contributed by atoms with Gasteiger partial charge >= 0.3 is 0 Å². The van der Waals surface area contributed by atoms with Crippen molar-refractivity contribution < 1.29 is 39.4 Å². The van der Waals surface area contributed by atoms with Crippen molar-refractivity contribution in [3.05, 3.63) is 28.7 Å². The molecule has 3 heterocycles. The highest BCUT2D eigenvalue weighted by Crippen LogP contribution is 2.38. The predicted octanol–water partition coefficient (Wildman–Crippen LogP) is -0.584. The zero-order valence-corrected chi connectivity index (χ0v) is 15.9. The number of amides is 1. The average molecular weight is 427 g/mol. The van der Waals surface area contributed by atoms with Crippen LogP contribution in [0.2, 0.25) is 0 Å². The van der Waals surface area contributed by atoms with Gasteiger partial charge in [-0.3, -0.25) is 9.69 Å². The highest BCUT2D eigenvalue weighted by molar-refractivity contribution is 8.26. The van der Waals surface area contributed by atoms with E-state index in [1.807, 2.05) is 0 Å². The van der Waals surface area contributed by atoms with Crippen LogP contribution in [0.3, 0.4) is 0 Å². The molecule has 28 heavy (non-hydrogen) atoms. The first-order valence-electron chi connectivity index (χ1n) is 8.38. The van der Waals surface area contributed by atoms with Gasteiger partial charge in [0.2, 0.25) is 6.79 Å². The van der Waals surface area contributed by atoms with Gasteiger partial charge in [0.15, 0.2) is 22.0 Å². The van der Waals surface area contributed by atoms with Crippen molar-refractivity contribution in [1.29, 1.82) is 0 Å². The quantitative estimate of drug-likeness (QED) is 0.367. The second-order valence-corrected chi connectivity index (χ2v) is 8.06. The zero-order chi connectivity index (χ0) is 20.0. The van der Waals surface area contributed by atoms with Gasteiger partial charge in [-0.1, -0.05) is 30.0 Å². The Kier molecular flexibility index (Phi) is 5.31. The molecule has 150 valence electrons. The maximum atomic E-state index is 12.9. The van der Waals surface area contributed by atoms with Gasteiger partial charge in [0, 0.05) is 0 Å². The van der Waals surface area contributed by atoms with Crippen molar-refractivity contribution in [3.63, 3.8) is 0 Å². The molecule has 0 radical (unpaired) electrons. The minimum atomic E-state index is -1.60. The summed E-state index contributed by atoms with van der Waals surface area (Å²) in [6.07, 6.45) is -5.55. The summed E-state index contributed by atoms with van der Waals surface area (Å²) in [5.41, 5.74) is 0.693. The first-order chi connectivity index (χ1) is 13.4. The molecule has 0 bridgehead atoms. The molecular formula is C17H17NO8S2. The molecule has 0 aliphatic carbocycles. The summed E-state index contributed by atoms with van der Waals surface area (Å²) in [5, 5.41) is 39.5. The first kappa shape index (κ1) is 19.6. The molecule has 4 N–H and O–H groups in total. The molecule has 1 amide bonds. The van der Waals surface area contributed by atoms with Crippen molar-refractivity contribution in [1.82, 2.24) is 4.90 Å². The Hall–Kier alpha value is -1.73. The van der Waals surface area contributed by atoms with Gasteiger partial charge < -0.3 is 34.6 Å². The van der Waals surface area contributed by atoms with Crippen LogP contribution in [-0.4, -0.2) is 79.6 Å². The van der Waals surface area contributed by atoms with Crippen LogP contribution in [0.1, 0.15) is 5.56 Å². The summed E-state index contributed by atoms with van der Waals surface area (Å²) in [6, 6.07) is 5.21. The van der Waals surface area contributed by atoms with Crippen molar-refractivity contribution in [2.75, 3.05) is 13.4 Å². The number of hydrogen-bond acceptors (Lipinski definition) is 10. The van der Waals surface area contributed by atoms with Gasteiger partial charge in [-0.25, -0.2) is 0 Å². The van der Waals surface area contributed by atoms with E-state index in [0.717, 1.165) is 16.7 Å². The van der Waals surface area contributed by atoms with Crippen LogP contribution < -0.4 is 9.47 Å². The number of hydrogen-bond donors (Lipinski definition) is 4. The number of fused-ring (bicyclic) bond motifs is 1. The van der Waals surface area contributed by atoms with Gasteiger partial charge in [-0.15, -0.1) is 0 Å². The van der Waals surface area contributed by atoms with E-state index in [9.17, 15) is 25.2 Å². The van der Waals surface area contributed by atoms with E-state index in [2.05, 4.69) is 0 Å². The number of ether oxygens (including phenoxy) is 3. The van der Waals surface area contributed by atoms with Crippen LogP contribution in [0.15, 0.2) is 23.1 Å². The lowest BCUT2D eigenvalue weighted by molar-refractivity contribution is -0.252. The van der Waals surface area contributed by atoms with Gasteiger partial charge in [-0.05, 0) is 23.8 Å². The topological polar surface area (TPSA) is 129 Å². The number of thiocarbonyl (C=S) groups is 1. The maximum Gasteiger partial charge on any atom is 0.268 e. The van der Waals surface area contributed by atoms with Crippen LogP contribution >= 0.6 is 24.0 Å². The third-order valence-corrected chi connectivity index (χ3v) is 5.97. The molecule has 5 atom stereocenters. The van der Waals surface area contributed by atoms with Crippen LogP contribution in [0, 0.1) is 0 Å². The lowest BCUT2D eigenvalue weighted by atomic mass is 9.98. The molecule has 3 aliphatic rings. The third-order valence-electron chi connectivity index (χ3n) is 4.64. The highest BCUT2D eigenvalue weighted by atomic mass is 32.2. The summed E-state index contributed by atoms with van der Waals surface area (Å²) < 4.78 is 16.1. The molecule has 0 saturated carbocycles. The minimum Gasteiger partial charge on any atom is -0.454 e. The number of carbonyl (C=O) groups excluding carboxylic acids is 1. The van der Waals surface area contributed by atoms with Crippen LogP contribution in [0.5, 0.6) is 11.5 Å². The molecular weight excluding hydrogens is 410 g/mol. The Labute approximate surface area is 169 Å². The van der Waals surface area contributed by atoms with Gasteiger partial charge in [0.1, 0.15) is 24.4 Å². The highest BCUT2D eigenvalue weighted by Gasteiger charge is 2.50. The maximum absolute atomic E-state index is 12.9. The molecule has 3 aliphatic heterocycles. The summed E-state index contributed by atoms with van der Waals surface area (Å²) in [4.78, 5) is 14.2. The van der Waals surface area contributed by atoms with Gasteiger partial charge in [0.25, 0.3) is 5.91 Å². The van der Waals surface area contributed by atoms with Crippen LogP contribution in [0.25, 0.3) is 6.08 Å². The van der Waals surface area contributed by atoms with Crippen molar-refractivity contribution >= 4 is 40.3 Å². The molecule has 2 saturated heterocycles. The fourth-order valence-electron chi connectivity index (χ4n) is 3.15. The van der Waals surface area contributed by atoms with Gasteiger partial charge in [0.05, 0.1) is 11.5 Å². The first-order valence-corrected chi connectivity index (χ1v) is 9.60. The van der Waals surface area contributed by atoms with Gasteiger partial charge in [-0.2, -0.15) is 0 Å². The number of aliphatic hydroxyl groups excluding tert-OH is 4. The Bertz CT molecular complexity index is 844. The van der Waals surface area contributed by atoms with E-state index in [-0.39, 0.29) is 11.1 Å². The molecule has 1 aromatic rings. The standard InChI is InChI=1S/C17H17NO8S2/c19-5-10-12(20)13(21)14(22)16(26-10)18-15(23)11(28-17(18)27)4-7-1-2-8-9(3-7)25-6-24-8/h1-4,10,12-14,16,19-22H,5-6H2/b11-4-/t10-,12+,13+,14-,16-/m1/s1. The minimum absolute atomic E-state index is 0.126. The molecule has 1 aromatic carbocycles. The van der Waals surface area contributed by atoms with E-state index in [0.29, 0.717) is 22.0 Å². The Morgan fingerprint density at radius 3 is 2.68 bits per heavy atom. The summed E-state index contributed by atoms with van der Waals surface area (Å²) >= 11 is 6.27. The molecule has 9 nitrogen and oxygen atoms in total. The third kappa shape index (κ3) is 3.28. The average Bonchev–Trinajstić information content (AvgIpc) is 3.25. The van der Waals surface area contributed by atoms with Crippen molar-refractivity contribution in [3.8, 4) is 11.5 Å². The van der Waals surface area contributed by atoms with E-state index < -0.39 is 43.2 Å². The monoisotopic (exact) mass is 427 g/mol. The smallest absolute Gasteiger partial charge is 0.268 e. The largest absolute Gasteiger partial charge is 0.454 e. The predicted molar refractivity (Wildman–Crippen MR) is 101 cm³/mol. The number of nitrogens with zero attached hydrogens (tertiary/aromatic N) is 1. The van der Waals surface area contributed by atoms with E-state index >= 15 is 0 Å². The van der Waals surface area contributed by atoms with E-state index in [1.54, 1.807) is 24.3 Å². The second kappa shape index (κ2) is 7.59. The molecule has 11 heteroatoms. The Morgan fingerprint density at radius 2 is 1.93 bits per heavy atom. The van der Waals surface area contributed by atoms with Crippen LogP contribution in [0.4, 0.5) is 0 Å². The van der Waals surface area contributed by atoms with Crippen molar-refractivity contribution in [2.24, 2.45) is 0 Å². The molecule has 0 aromatic heterocycles. The zero-order valence-electron chi connectivity index (χ0n) is 14.3. The Balaban J connectivity index is 1.59. The number of thioether (sulfide) groups is 1. The second-order valence-electron chi connectivity index (χ2n) is 6.38. The molecule has 0 unspecified atom stereocenters. The SMILES string of the molecule is O=C1/C(=C/c2ccc3c(c2)OCO3)SC(=S)N1[C@@H]1O[C@H](CO)[C@H](O)[C@H](O)[C@H]1O. The fourth-order valence-corrected chi connectivity index (χ4v) is 4.46. The molecule has 0 spiro atoms. The lowest BCUT2D eigenvalue weighted by Crippen LogP contribution is -2.63. The number of aliphatic hydroxyl groups is 4. The lowest BCUT2D eigenvalue weighted by Gasteiger charge is -2.42. The van der Waals surface area contributed by atoms with E-state index in [1.165, 1.54) is 0 Å². The number of benzene rings is 1. The Morgan fingerprint density at radius 1 is 1.18 bits per heavy atom. The summed E-state index contributed by atoms with van der Waals surface area (Å²) in [5.74, 6) is 0.668. The number of rotatable bonds is 3. The van der Waals surface area contributed by atoms with E-state index in [4.69, 9.17) is 26.4 Å².